The van der Waals surface area contributed by atoms with Gasteiger partial charge in [0.1, 0.15) is 6.04 Å². The van der Waals surface area contributed by atoms with Gasteiger partial charge in [-0.2, -0.15) is 0 Å². The van der Waals surface area contributed by atoms with E-state index in [0.29, 0.717) is 9.47 Å². The summed E-state index contributed by atoms with van der Waals surface area (Å²) in [5.41, 5.74) is 5.06. The monoisotopic (exact) mass is 262 g/mol. The van der Waals surface area contributed by atoms with Crippen LogP contribution in [-0.2, 0) is 9.59 Å². The Labute approximate surface area is 99.4 Å². The number of rotatable bonds is 6. The van der Waals surface area contributed by atoms with E-state index in [1.54, 1.807) is 6.92 Å². The maximum Gasteiger partial charge on any atom is 0.313 e. The van der Waals surface area contributed by atoms with Gasteiger partial charge >= 0.3 is 5.97 Å². The topological polar surface area (TPSA) is 118 Å². The summed E-state index contributed by atoms with van der Waals surface area (Å²) >= 11 is 2.25. The molecule has 1 atom stereocenters. The first-order valence-electron chi connectivity index (χ1n) is 4.23. The average molecular weight is 262 g/mol. The molecule has 0 aliphatic heterocycles. The molecule has 9 heteroatoms. The molecule has 1 amide bonds. The number of nitrogens with two attached hydrogens (primary N) is 1. The molecule has 1 aromatic rings. The predicted molar refractivity (Wildman–Crippen MR) is 60.5 cm³/mol. The molecule has 88 valence electrons. The first kappa shape index (κ1) is 12.7. The van der Waals surface area contributed by atoms with E-state index >= 15 is 0 Å². The molecule has 0 radical (unpaired) electrons. The van der Waals surface area contributed by atoms with Crippen LogP contribution in [-0.4, -0.2) is 39.0 Å². The number of aromatic nitrogens is 2. The third-order valence-electron chi connectivity index (χ3n) is 1.49. The minimum absolute atomic E-state index is 0.0694. The van der Waals surface area contributed by atoms with Crippen LogP contribution in [0.25, 0.3) is 0 Å². The molecular weight excluding hydrogens is 252 g/mol. The number of amides is 1. The second-order valence-electron chi connectivity index (χ2n) is 2.82. The molecule has 7 nitrogen and oxygen atoms in total. The lowest BCUT2D eigenvalue weighted by Crippen LogP contribution is -2.32. The SMILES string of the molecule is CC(Nc1nnc(SCC(=O)O)s1)C(N)=O. The van der Waals surface area contributed by atoms with Crippen molar-refractivity contribution in [3.63, 3.8) is 0 Å². The summed E-state index contributed by atoms with van der Waals surface area (Å²) in [4.78, 5) is 21.1. The van der Waals surface area contributed by atoms with Crippen LogP contribution in [0.5, 0.6) is 0 Å². The normalized spacial score (nSPS) is 12.1. The lowest BCUT2D eigenvalue weighted by Gasteiger charge is -2.06. The van der Waals surface area contributed by atoms with Crippen LogP contribution in [0.2, 0.25) is 0 Å². The molecule has 1 aromatic heterocycles. The Morgan fingerprint density at radius 2 is 2.31 bits per heavy atom. The third-order valence-corrected chi connectivity index (χ3v) is 3.46. The number of nitrogens with one attached hydrogen (secondary N) is 1. The lowest BCUT2D eigenvalue weighted by atomic mass is 10.3. The number of nitrogens with zero attached hydrogens (tertiary/aromatic N) is 2. The number of anilines is 1. The minimum Gasteiger partial charge on any atom is -0.481 e. The van der Waals surface area contributed by atoms with Crippen LogP contribution in [0, 0.1) is 0 Å². The van der Waals surface area contributed by atoms with Crippen LogP contribution in [0.4, 0.5) is 5.13 Å². The van der Waals surface area contributed by atoms with Gasteiger partial charge in [0, 0.05) is 0 Å². The molecule has 0 aliphatic carbocycles. The minimum atomic E-state index is -0.916. The van der Waals surface area contributed by atoms with Gasteiger partial charge in [0.15, 0.2) is 4.34 Å². The Balaban J connectivity index is 2.51. The molecule has 0 aliphatic rings. The van der Waals surface area contributed by atoms with Gasteiger partial charge in [-0.3, -0.25) is 9.59 Å². The van der Waals surface area contributed by atoms with Crippen molar-refractivity contribution in [2.24, 2.45) is 5.73 Å². The second-order valence-corrected chi connectivity index (χ2v) is 5.02. The summed E-state index contributed by atoms with van der Waals surface area (Å²) in [5.74, 6) is -1.48. The molecule has 4 N–H and O–H groups in total. The molecule has 0 fully saturated rings. The number of hydrogen-bond donors (Lipinski definition) is 3. The van der Waals surface area contributed by atoms with Gasteiger partial charge in [-0.15, -0.1) is 10.2 Å². The van der Waals surface area contributed by atoms with E-state index in [0.717, 1.165) is 11.8 Å². The summed E-state index contributed by atoms with van der Waals surface area (Å²) in [6, 6.07) is -0.537. The van der Waals surface area contributed by atoms with Gasteiger partial charge in [-0.05, 0) is 6.92 Å². The van der Waals surface area contributed by atoms with Crippen LogP contribution in [0.1, 0.15) is 6.92 Å². The van der Waals surface area contributed by atoms with Crippen molar-refractivity contribution in [3.8, 4) is 0 Å². The van der Waals surface area contributed by atoms with Crippen molar-refractivity contribution < 1.29 is 14.7 Å². The van der Waals surface area contributed by atoms with Crippen LogP contribution >= 0.6 is 23.1 Å². The second kappa shape index (κ2) is 5.66. The number of carbonyl (C=O) groups excluding carboxylic acids is 1. The fourth-order valence-electron chi connectivity index (χ4n) is 0.706. The van der Waals surface area contributed by atoms with Crippen LogP contribution in [0.3, 0.4) is 0 Å². The average Bonchev–Trinajstić information content (AvgIpc) is 2.62. The number of carboxylic acid groups (broad SMARTS) is 1. The number of carboxylic acids is 1. The van der Waals surface area contributed by atoms with E-state index in [-0.39, 0.29) is 5.75 Å². The number of carbonyl (C=O) groups is 2. The summed E-state index contributed by atoms with van der Waals surface area (Å²) in [6.07, 6.45) is 0. The quantitative estimate of drug-likeness (QED) is 0.617. The molecule has 0 aromatic carbocycles. The first-order valence-corrected chi connectivity index (χ1v) is 6.03. The highest BCUT2D eigenvalue weighted by Crippen LogP contribution is 2.25. The van der Waals surface area contributed by atoms with E-state index in [2.05, 4.69) is 15.5 Å². The number of primary amides is 1. The number of thioether (sulfide) groups is 1. The van der Waals surface area contributed by atoms with Crippen molar-refractivity contribution in [1.29, 1.82) is 0 Å². The van der Waals surface area contributed by atoms with E-state index in [1.807, 2.05) is 0 Å². The maximum atomic E-state index is 10.8. The third kappa shape index (κ3) is 4.03. The fraction of sp³-hybridized carbons (Fsp3) is 0.429. The maximum absolute atomic E-state index is 10.8. The molecule has 0 saturated carbocycles. The smallest absolute Gasteiger partial charge is 0.313 e. The zero-order valence-corrected chi connectivity index (χ0v) is 9.97. The Bertz CT molecular complexity index is 395. The van der Waals surface area contributed by atoms with Gasteiger partial charge in [0.2, 0.25) is 11.0 Å². The van der Waals surface area contributed by atoms with Crippen LogP contribution in [0.15, 0.2) is 4.34 Å². The zero-order chi connectivity index (χ0) is 12.1. The largest absolute Gasteiger partial charge is 0.481 e. The van der Waals surface area contributed by atoms with Crippen molar-refractivity contribution in [3.05, 3.63) is 0 Å². The zero-order valence-electron chi connectivity index (χ0n) is 8.34. The first-order chi connectivity index (χ1) is 7.49. The molecule has 1 unspecified atom stereocenters. The van der Waals surface area contributed by atoms with Gasteiger partial charge in [0.05, 0.1) is 5.75 Å². The molecule has 1 heterocycles. The van der Waals surface area contributed by atoms with Crippen LogP contribution < -0.4 is 11.1 Å². The van der Waals surface area contributed by atoms with E-state index in [1.165, 1.54) is 11.3 Å². The van der Waals surface area contributed by atoms with Gasteiger partial charge in [0.25, 0.3) is 0 Å². The van der Waals surface area contributed by atoms with Gasteiger partial charge in [-0.1, -0.05) is 23.1 Å². The summed E-state index contributed by atoms with van der Waals surface area (Å²) in [7, 11) is 0. The lowest BCUT2D eigenvalue weighted by molar-refractivity contribution is -0.133. The molecule has 0 spiro atoms. The summed E-state index contributed by atoms with van der Waals surface area (Å²) in [5, 5.41) is 19.2. The highest BCUT2D eigenvalue weighted by Gasteiger charge is 2.12. The van der Waals surface area contributed by atoms with Gasteiger partial charge < -0.3 is 16.2 Å². The highest BCUT2D eigenvalue weighted by atomic mass is 32.2. The number of hydrogen-bond acceptors (Lipinski definition) is 7. The molecular formula is C7H10N4O3S2. The van der Waals surface area contributed by atoms with Crippen molar-refractivity contribution in [1.82, 2.24) is 10.2 Å². The standard InChI is InChI=1S/C7H10N4O3S2/c1-3(5(8)14)9-6-10-11-7(16-6)15-2-4(12)13/h3H,2H2,1H3,(H2,8,14)(H,9,10)(H,12,13). The van der Waals surface area contributed by atoms with Gasteiger partial charge in [-0.25, -0.2) is 0 Å². The van der Waals surface area contributed by atoms with E-state index in [4.69, 9.17) is 10.8 Å². The Morgan fingerprint density at radius 3 is 2.88 bits per heavy atom. The fourth-order valence-corrected chi connectivity index (χ4v) is 2.27. The van der Waals surface area contributed by atoms with Crippen molar-refractivity contribution in [2.45, 2.75) is 17.3 Å². The Morgan fingerprint density at radius 1 is 1.62 bits per heavy atom. The van der Waals surface area contributed by atoms with Crippen molar-refractivity contribution >= 4 is 40.1 Å². The molecule has 0 bridgehead atoms. The summed E-state index contributed by atoms with van der Waals surface area (Å²) in [6.45, 7) is 1.60. The van der Waals surface area contributed by atoms with Crippen molar-refractivity contribution in [2.75, 3.05) is 11.1 Å². The summed E-state index contributed by atoms with van der Waals surface area (Å²) < 4.78 is 0.529. The van der Waals surface area contributed by atoms with E-state index < -0.39 is 17.9 Å². The highest BCUT2D eigenvalue weighted by molar-refractivity contribution is 8.01. The molecule has 0 saturated heterocycles. The number of aliphatic carboxylic acids is 1. The Hall–Kier alpha value is -1.35. The Kier molecular flexibility index (Phi) is 4.50. The van der Waals surface area contributed by atoms with E-state index in [9.17, 15) is 9.59 Å². The predicted octanol–water partition coefficient (Wildman–Crippen LogP) is 0.000500. The molecule has 16 heavy (non-hydrogen) atoms. The molecule has 1 rings (SSSR count).